The van der Waals surface area contributed by atoms with E-state index >= 15 is 0 Å². The molecule has 0 aliphatic rings. The Morgan fingerprint density at radius 1 is 1.38 bits per heavy atom. The quantitative estimate of drug-likeness (QED) is 0.803. The highest BCUT2D eigenvalue weighted by atomic mass is 35.5. The molecule has 0 bridgehead atoms. The molecule has 0 aromatic heterocycles. The molecular weight excluding hydrogens is 253 g/mol. The summed E-state index contributed by atoms with van der Waals surface area (Å²) >= 11 is 11.6. The zero-order valence-corrected chi connectivity index (χ0v) is 9.84. The van der Waals surface area contributed by atoms with Crippen molar-refractivity contribution in [3.8, 4) is 0 Å². The average Bonchev–Trinajstić information content (AvgIpc) is 2.16. The van der Waals surface area contributed by atoms with Gasteiger partial charge in [-0.2, -0.15) is 0 Å². The number of nitrogens with one attached hydrogen (secondary N) is 1. The van der Waals surface area contributed by atoms with E-state index in [1.165, 1.54) is 6.07 Å². The molecule has 1 atom stereocenters. The van der Waals surface area contributed by atoms with Gasteiger partial charge in [-0.15, -0.1) is 0 Å². The van der Waals surface area contributed by atoms with Crippen molar-refractivity contribution >= 4 is 35.1 Å². The lowest BCUT2D eigenvalue weighted by atomic mass is 10.1. The molecule has 0 aliphatic carbocycles. The summed E-state index contributed by atoms with van der Waals surface area (Å²) in [5.41, 5.74) is 0.612. The van der Waals surface area contributed by atoms with E-state index in [9.17, 15) is 9.59 Å². The molecule has 16 heavy (non-hydrogen) atoms. The number of halogens is 2. The topological polar surface area (TPSA) is 66.4 Å². The van der Waals surface area contributed by atoms with Crippen molar-refractivity contribution in [2.75, 3.05) is 0 Å². The minimum atomic E-state index is -1.53. The Balaban J connectivity index is 2.84. The second-order valence-electron chi connectivity index (χ2n) is 3.17. The van der Waals surface area contributed by atoms with Crippen molar-refractivity contribution in [2.45, 2.75) is 13.0 Å². The molecule has 0 radical (unpaired) electrons. The molecule has 4 nitrogen and oxygen atoms in total. The van der Waals surface area contributed by atoms with Crippen LogP contribution in [0.15, 0.2) is 18.2 Å². The maximum atomic E-state index is 10.9. The molecule has 2 N–H and O–H groups in total. The number of carbonyl (C=O) groups excluding carboxylic acids is 1. The third-order valence-electron chi connectivity index (χ3n) is 1.97. The van der Waals surface area contributed by atoms with Crippen LogP contribution in [-0.2, 0) is 9.59 Å². The smallest absolute Gasteiger partial charge is 0.394 e. The third kappa shape index (κ3) is 3.12. The van der Waals surface area contributed by atoms with Gasteiger partial charge in [-0.05, 0) is 24.6 Å². The molecule has 86 valence electrons. The monoisotopic (exact) mass is 261 g/mol. The standard InChI is InChI=1S/C10H9Cl2NO3/c1-5(13-9(14)10(15)16)7-3-2-6(11)4-8(7)12/h2-5H,1H3,(H,13,14)(H,15,16). The fraction of sp³-hybridized carbons (Fsp3) is 0.200. The SMILES string of the molecule is CC(NC(=O)C(=O)O)c1ccc(Cl)cc1Cl. The second kappa shape index (κ2) is 5.18. The fourth-order valence-electron chi connectivity index (χ4n) is 1.19. The maximum absolute atomic E-state index is 10.9. The van der Waals surface area contributed by atoms with Gasteiger partial charge in [0.15, 0.2) is 0 Å². The van der Waals surface area contributed by atoms with E-state index in [4.69, 9.17) is 28.3 Å². The summed E-state index contributed by atoms with van der Waals surface area (Å²) in [6.45, 7) is 1.63. The van der Waals surface area contributed by atoms with Gasteiger partial charge in [-0.3, -0.25) is 4.79 Å². The number of amides is 1. The lowest BCUT2D eigenvalue weighted by Crippen LogP contribution is -2.32. The highest BCUT2D eigenvalue weighted by molar-refractivity contribution is 6.35. The molecule has 1 rings (SSSR count). The zero-order valence-electron chi connectivity index (χ0n) is 8.33. The van der Waals surface area contributed by atoms with Crippen LogP contribution in [0.5, 0.6) is 0 Å². The molecule has 6 heteroatoms. The summed E-state index contributed by atoms with van der Waals surface area (Å²) in [6, 6.07) is 4.29. The Hall–Kier alpha value is -1.26. The minimum absolute atomic E-state index is 0.380. The summed E-state index contributed by atoms with van der Waals surface area (Å²) in [6.07, 6.45) is 0. The molecule has 1 aromatic rings. The predicted octanol–water partition coefficient (Wildman–Crippen LogP) is 2.26. The highest BCUT2D eigenvalue weighted by Gasteiger charge is 2.17. The van der Waals surface area contributed by atoms with Crippen molar-refractivity contribution in [3.05, 3.63) is 33.8 Å². The number of hydrogen-bond donors (Lipinski definition) is 2. The summed E-state index contributed by atoms with van der Waals surface area (Å²) in [4.78, 5) is 21.3. The van der Waals surface area contributed by atoms with E-state index in [1.807, 2.05) is 0 Å². The number of hydrogen-bond acceptors (Lipinski definition) is 2. The number of carboxylic acid groups (broad SMARTS) is 1. The van der Waals surface area contributed by atoms with Crippen LogP contribution in [0.4, 0.5) is 0 Å². The van der Waals surface area contributed by atoms with Crippen LogP contribution in [0, 0.1) is 0 Å². The molecule has 1 unspecified atom stereocenters. The van der Waals surface area contributed by atoms with Crippen LogP contribution in [0.2, 0.25) is 10.0 Å². The van der Waals surface area contributed by atoms with E-state index in [1.54, 1.807) is 19.1 Å². The van der Waals surface area contributed by atoms with Gasteiger partial charge in [0.1, 0.15) is 0 Å². The Kier molecular flexibility index (Phi) is 4.15. The fourth-order valence-corrected chi connectivity index (χ4v) is 1.76. The lowest BCUT2D eigenvalue weighted by Gasteiger charge is -2.14. The predicted molar refractivity (Wildman–Crippen MR) is 60.7 cm³/mol. The van der Waals surface area contributed by atoms with Gasteiger partial charge in [0, 0.05) is 10.0 Å². The first-order chi connectivity index (χ1) is 7.41. The summed E-state index contributed by atoms with van der Waals surface area (Å²) in [5.74, 6) is -2.60. The zero-order chi connectivity index (χ0) is 12.3. The van der Waals surface area contributed by atoms with Crippen LogP contribution in [0.25, 0.3) is 0 Å². The number of aliphatic carboxylic acids is 1. The Bertz CT molecular complexity index is 434. The van der Waals surface area contributed by atoms with Crippen molar-refractivity contribution < 1.29 is 14.7 Å². The van der Waals surface area contributed by atoms with Crippen molar-refractivity contribution in [2.24, 2.45) is 0 Å². The highest BCUT2D eigenvalue weighted by Crippen LogP contribution is 2.25. The van der Waals surface area contributed by atoms with Crippen molar-refractivity contribution in [1.82, 2.24) is 5.32 Å². The largest absolute Gasteiger partial charge is 0.474 e. The van der Waals surface area contributed by atoms with Gasteiger partial charge in [0.2, 0.25) is 0 Å². The third-order valence-corrected chi connectivity index (χ3v) is 2.53. The van der Waals surface area contributed by atoms with Gasteiger partial charge in [-0.25, -0.2) is 4.79 Å². The Morgan fingerprint density at radius 3 is 2.50 bits per heavy atom. The van der Waals surface area contributed by atoms with E-state index < -0.39 is 17.9 Å². The van der Waals surface area contributed by atoms with Gasteiger partial charge in [0.25, 0.3) is 0 Å². The number of rotatable bonds is 2. The normalized spacial score (nSPS) is 11.9. The number of carbonyl (C=O) groups is 2. The van der Waals surface area contributed by atoms with Crippen LogP contribution < -0.4 is 5.32 Å². The molecule has 0 aliphatic heterocycles. The summed E-state index contributed by atoms with van der Waals surface area (Å²) in [7, 11) is 0. The summed E-state index contributed by atoms with van der Waals surface area (Å²) in [5, 5.41) is 11.6. The minimum Gasteiger partial charge on any atom is -0.474 e. The van der Waals surface area contributed by atoms with Gasteiger partial charge >= 0.3 is 11.9 Å². The molecule has 1 aromatic carbocycles. The molecule has 1 amide bonds. The van der Waals surface area contributed by atoms with Gasteiger partial charge in [0.05, 0.1) is 6.04 Å². The summed E-state index contributed by atoms with van der Waals surface area (Å²) < 4.78 is 0. The molecule has 0 saturated heterocycles. The molecule has 0 heterocycles. The Morgan fingerprint density at radius 2 is 2.00 bits per heavy atom. The number of carboxylic acids is 1. The van der Waals surface area contributed by atoms with E-state index in [0.717, 1.165) is 0 Å². The first-order valence-electron chi connectivity index (χ1n) is 4.40. The van der Waals surface area contributed by atoms with Gasteiger partial charge < -0.3 is 10.4 Å². The second-order valence-corrected chi connectivity index (χ2v) is 4.01. The van der Waals surface area contributed by atoms with E-state index in [0.29, 0.717) is 15.6 Å². The van der Waals surface area contributed by atoms with E-state index in [2.05, 4.69) is 5.32 Å². The average molecular weight is 262 g/mol. The van der Waals surface area contributed by atoms with Crippen molar-refractivity contribution in [1.29, 1.82) is 0 Å². The molecular formula is C10H9Cl2NO3. The first kappa shape index (κ1) is 12.8. The van der Waals surface area contributed by atoms with Crippen LogP contribution in [-0.4, -0.2) is 17.0 Å². The lowest BCUT2D eigenvalue weighted by molar-refractivity contribution is -0.150. The first-order valence-corrected chi connectivity index (χ1v) is 5.16. The van der Waals surface area contributed by atoms with Crippen LogP contribution in [0.3, 0.4) is 0 Å². The van der Waals surface area contributed by atoms with Crippen LogP contribution in [0.1, 0.15) is 18.5 Å². The molecule has 0 fully saturated rings. The molecule has 0 spiro atoms. The van der Waals surface area contributed by atoms with Crippen LogP contribution >= 0.6 is 23.2 Å². The van der Waals surface area contributed by atoms with E-state index in [-0.39, 0.29) is 0 Å². The maximum Gasteiger partial charge on any atom is 0.394 e. The number of benzene rings is 1. The molecule has 0 saturated carbocycles. The Labute approximate surface area is 102 Å². The van der Waals surface area contributed by atoms with Crippen molar-refractivity contribution in [3.63, 3.8) is 0 Å². The van der Waals surface area contributed by atoms with Gasteiger partial charge in [-0.1, -0.05) is 29.3 Å².